The highest BCUT2D eigenvalue weighted by Crippen LogP contribution is 2.46. The van der Waals surface area contributed by atoms with Crippen molar-refractivity contribution in [1.82, 2.24) is 0 Å². The average Bonchev–Trinajstić information content (AvgIpc) is 2.60. The quantitative estimate of drug-likeness (QED) is 0.508. The first kappa shape index (κ1) is 16.4. The Morgan fingerprint density at radius 3 is 1.74 bits per heavy atom. The Hall–Kier alpha value is -0.0400. The van der Waals surface area contributed by atoms with Crippen LogP contribution in [-0.4, -0.2) is 12.2 Å². The number of ether oxygens (including phenoxy) is 1. The van der Waals surface area contributed by atoms with Gasteiger partial charge in [-0.2, -0.15) is 0 Å². The van der Waals surface area contributed by atoms with E-state index in [4.69, 9.17) is 4.74 Å². The van der Waals surface area contributed by atoms with Crippen molar-refractivity contribution in [3.63, 3.8) is 0 Å². The molecule has 5 fully saturated rings. The third kappa shape index (κ3) is 4.33. The van der Waals surface area contributed by atoms with E-state index in [1.165, 1.54) is 77.0 Å². The van der Waals surface area contributed by atoms with Crippen LogP contribution in [0.3, 0.4) is 0 Å². The molecule has 132 valence electrons. The number of fused-ring (bicyclic) bond motifs is 2. The molecule has 0 aromatic heterocycles. The molecule has 0 radical (unpaired) electrons. The minimum Gasteiger partial charge on any atom is -0.375 e. The molecule has 1 nitrogen and oxygen atoms in total. The molecule has 0 N–H and O–H groups in total. The van der Waals surface area contributed by atoms with Gasteiger partial charge in [0.15, 0.2) is 0 Å². The zero-order chi connectivity index (χ0) is 15.5. The fourth-order valence-electron chi connectivity index (χ4n) is 6.30. The van der Waals surface area contributed by atoms with Crippen LogP contribution in [0.15, 0.2) is 0 Å². The summed E-state index contributed by atoms with van der Waals surface area (Å²) >= 11 is 0. The van der Waals surface area contributed by atoms with Gasteiger partial charge >= 0.3 is 0 Å². The van der Waals surface area contributed by atoms with Gasteiger partial charge in [-0.25, -0.2) is 0 Å². The second kappa shape index (κ2) is 7.89. The third-order valence-electron chi connectivity index (χ3n) is 7.80. The largest absolute Gasteiger partial charge is 0.375 e. The molecule has 2 unspecified atom stereocenters. The third-order valence-corrected chi connectivity index (χ3v) is 7.80. The van der Waals surface area contributed by atoms with Crippen LogP contribution in [0.4, 0.5) is 0 Å². The maximum absolute atomic E-state index is 5.83. The Balaban J connectivity index is 1.08. The van der Waals surface area contributed by atoms with Crippen molar-refractivity contribution in [3.05, 3.63) is 0 Å². The lowest BCUT2D eigenvalue weighted by Crippen LogP contribution is -2.47. The summed E-state index contributed by atoms with van der Waals surface area (Å²) in [6.07, 6.45) is 25.4. The molecule has 0 amide bonds. The van der Waals surface area contributed by atoms with Gasteiger partial charge in [0, 0.05) is 0 Å². The SMILES string of the molecule is C1CCC(CCCCC2CCC(C3CC4CC(C3)O4)CC2)CC1. The molecular formula is C22H38O. The summed E-state index contributed by atoms with van der Waals surface area (Å²) in [5, 5.41) is 0. The highest BCUT2D eigenvalue weighted by molar-refractivity contribution is 4.92. The highest BCUT2D eigenvalue weighted by atomic mass is 16.5. The van der Waals surface area contributed by atoms with E-state index in [9.17, 15) is 0 Å². The van der Waals surface area contributed by atoms with Gasteiger partial charge in [-0.3, -0.25) is 0 Å². The molecular weight excluding hydrogens is 280 g/mol. The fourth-order valence-corrected chi connectivity index (χ4v) is 6.30. The summed E-state index contributed by atoms with van der Waals surface area (Å²) in [4.78, 5) is 0. The van der Waals surface area contributed by atoms with Crippen LogP contribution >= 0.6 is 0 Å². The lowest BCUT2D eigenvalue weighted by Gasteiger charge is -2.48. The van der Waals surface area contributed by atoms with Crippen LogP contribution in [0.1, 0.15) is 103 Å². The zero-order valence-electron chi connectivity index (χ0n) is 15.2. The van der Waals surface area contributed by atoms with E-state index in [-0.39, 0.29) is 0 Å². The highest BCUT2D eigenvalue weighted by Gasteiger charge is 2.42. The predicted octanol–water partition coefficient (Wildman–Crippen LogP) is 6.50. The van der Waals surface area contributed by atoms with E-state index in [2.05, 4.69) is 0 Å². The Labute approximate surface area is 143 Å². The van der Waals surface area contributed by atoms with Crippen LogP contribution in [0.25, 0.3) is 0 Å². The Morgan fingerprint density at radius 1 is 0.565 bits per heavy atom. The van der Waals surface area contributed by atoms with Crippen molar-refractivity contribution >= 4 is 0 Å². The molecule has 23 heavy (non-hydrogen) atoms. The van der Waals surface area contributed by atoms with Crippen LogP contribution in [0, 0.1) is 23.7 Å². The Morgan fingerprint density at radius 2 is 1.13 bits per heavy atom. The van der Waals surface area contributed by atoms with E-state index < -0.39 is 0 Å². The monoisotopic (exact) mass is 318 g/mol. The summed E-state index contributed by atoms with van der Waals surface area (Å²) in [7, 11) is 0. The number of hydrogen-bond donors (Lipinski definition) is 0. The lowest BCUT2D eigenvalue weighted by molar-refractivity contribution is -0.181. The summed E-state index contributed by atoms with van der Waals surface area (Å²) in [5.41, 5.74) is 0. The number of rotatable bonds is 6. The molecule has 0 spiro atoms. The Bertz CT molecular complexity index is 335. The van der Waals surface area contributed by atoms with Gasteiger partial charge in [0.2, 0.25) is 0 Å². The summed E-state index contributed by atoms with van der Waals surface area (Å²) in [6, 6.07) is 0. The Kier molecular flexibility index (Phi) is 5.64. The molecule has 2 saturated heterocycles. The van der Waals surface area contributed by atoms with E-state index >= 15 is 0 Å². The van der Waals surface area contributed by atoms with Crippen molar-refractivity contribution in [3.8, 4) is 0 Å². The van der Waals surface area contributed by atoms with Gasteiger partial charge in [0.1, 0.15) is 0 Å². The molecule has 2 atom stereocenters. The average molecular weight is 319 g/mol. The maximum Gasteiger partial charge on any atom is 0.0606 e. The fraction of sp³-hybridized carbons (Fsp3) is 1.00. The van der Waals surface area contributed by atoms with Gasteiger partial charge < -0.3 is 4.74 Å². The van der Waals surface area contributed by atoms with Gasteiger partial charge in [0.05, 0.1) is 12.2 Å². The van der Waals surface area contributed by atoms with Gasteiger partial charge in [-0.15, -0.1) is 0 Å². The molecule has 0 aromatic carbocycles. The van der Waals surface area contributed by atoms with Crippen molar-refractivity contribution in [2.45, 2.75) is 115 Å². The minimum absolute atomic E-state index is 0.663. The molecule has 2 heterocycles. The van der Waals surface area contributed by atoms with Crippen molar-refractivity contribution < 1.29 is 4.74 Å². The van der Waals surface area contributed by atoms with Crippen LogP contribution in [-0.2, 0) is 4.74 Å². The molecule has 0 aromatic rings. The molecule has 5 aliphatic rings. The standard InChI is InChI=1S/C22H38O/c1-2-6-17(7-3-1)8-4-5-9-18-10-12-19(13-11-18)20-14-21-16-22(15-20)23-21/h17-22H,1-16H2. The zero-order valence-corrected chi connectivity index (χ0v) is 15.2. The summed E-state index contributed by atoms with van der Waals surface area (Å²) < 4.78 is 5.83. The summed E-state index contributed by atoms with van der Waals surface area (Å²) in [6.45, 7) is 0. The molecule has 2 aliphatic heterocycles. The lowest BCUT2D eigenvalue weighted by atomic mass is 9.67. The first-order chi connectivity index (χ1) is 11.4. The van der Waals surface area contributed by atoms with Crippen molar-refractivity contribution in [2.24, 2.45) is 23.7 Å². The van der Waals surface area contributed by atoms with Crippen LogP contribution in [0.2, 0.25) is 0 Å². The van der Waals surface area contributed by atoms with E-state index in [1.807, 2.05) is 0 Å². The topological polar surface area (TPSA) is 9.23 Å². The molecule has 2 bridgehead atoms. The maximum atomic E-state index is 5.83. The van der Waals surface area contributed by atoms with Gasteiger partial charge in [-0.1, -0.05) is 70.6 Å². The normalized spacial score (nSPS) is 41.5. The second-order valence-electron chi connectivity index (χ2n) is 9.42. The number of hydrogen-bond acceptors (Lipinski definition) is 1. The smallest absolute Gasteiger partial charge is 0.0606 e. The first-order valence-corrected chi connectivity index (χ1v) is 11.0. The minimum atomic E-state index is 0.663. The van der Waals surface area contributed by atoms with Gasteiger partial charge in [0.25, 0.3) is 0 Å². The van der Waals surface area contributed by atoms with Gasteiger partial charge in [-0.05, 0) is 55.8 Å². The van der Waals surface area contributed by atoms with Crippen molar-refractivity contribution in [2.75, 3.05) is 0 Å². The van der Waals surface area contributed by atoms with E-state index in [1.54, 1.807) is 25.7 Å². The molecule has 1 heteroatoms. The van der Waals surface area contributed by atoms with E-state index in [0.29, 0.717) is 12.2 Å². The first-order valence-electron chi connectivity index (χ1n) is 11.0. The van der Waals surface area contributed by atoms with Crippen molar-refractivity contribution in [1.29, 1.82) is 0 Å². The predicted molar refractivity (Wildman–Crippen MR) is 96.5 cm³/mol. The summed E-state index contributed by atoms with van der Waals surface area (Å²) in [5.74, 6) is 4.26. The molecule has 5 rings (SSSR count). The molecule has 3 aliphatic carbocycles. The van der Waals surface area contributed by atoms with E-state index in [0.717, 1.165) is 23.7 Å². The van der Waals surface area contributed by atoms with Crippen LogP contribution < -0.4 is 0 Å². The van der Waals surface area contributed by atoms with Crippen LogP contribution in [0.5, 0.6) is 0 Å². The molecule has 3 saturated carbocycles. The number of unbranched alkanes of at least 4 members (excludes halogenated alkanes) is 1. The second-order valence-corrected chi connectivity index (χ2v) is 9.42.